The van der Waals surface area contributed by atoms with Gasteiger partial charge in [0, 0.05) is 16.6 Å². The normalized spacial score (nSPS) is 12.1. The van der Waals surface area contributed by atoms with Crippen LogP contribution in [-0.2, 0) is 11.2 Å². The van der Waals surface area contributed by atoms with Gasteiger partial charge in [0.15, 0.2) is 11.5 Å². The molecule has 0 aliphatic heterocycles. The van der Waals surface area contributed by atoms with Gasteiger partial charge in [0.05, 0.1) is 30.0 Å². The number of rotatable bonds is 7. The van der Waals surface area contributed by atoms with Crippen molar-refractivity contribution in [3.05, 3.63) is 64.1 Å². The van der Waals surface area contributed by atoms with Gasteiger partial charge in [-0.15, -0.1) is 11.3 Å². The fraction of sp³-hybridized carbons (Fsp3) is 0.292. The minimum Gasteiger partial charge on any atom is -0.493 e. The third-order valence-corrected chi connectivity index (χ3v) is 6.79. The number of benzene rings is 2. The Morgan fingerprint density at radius 3 is 2.66 bits per heavy atom. The van der Waals surface area contributed by atoms with Crippen molar-refractivity contribution in [2.45, 2.75) is 26.3 Å². The van der Waals surface area contributed by atoms with Crippen LogP contribution in [-0.4, -0.2) is 36.5 Å². The lowest BCUT2D eigenvalue weighted by Gasteiger charge is -2.15. The highest BCUT2D eigenvalue weighted by Crippen LogP contribution is 2.33. The van der Waals surface area contributed by atoms with Crippen LogP contribution in [0.4, 0.5) is 0 Å². The van der Waals surface area contributed by atoms with E-state index in [0.29, 0.717) is 29.9 Å². The third kappa shape index (κ3) is 3.93. The summed E-state index contributed by atoms with van der Waals surface area (Å²) >= 11 is 1.55. The number of aryl methyl sites for hydroxylation is 1. The number of carbonyl (C=O) groups is 1. The fourth-order valence-corrected chi connectivity index (χ4v) is 4.90. The average molecular weight is 452 g/mol. The smallest absolute Gasteiger partial charge is 0.276 e. The molecule has 2 aromatic carbocycles. The van der Waals surface area contributed by atoms with Crippen LogP contribution < -0.4 is 20.3 Å². The van der Waals surface area contributed by atoms with Crippen LogP contribution >= 0.6 is 11.3 Å². The van der Waals surface area contributed by atoms with E-state index in [1.807, 2.05) is 49.4 Å². The molecule has 0 aliphatic carbocycles. The van der Waals surface area contributed by atoms with E-state index in [9.17, 15) is 9.59 Å². The maximum absolute atomic E-state index is 13.2. The Bertz CT molecular complexity index is 1360. The van der Waals surface area contributed by atoms with E-state index >= 15 is 0 Å². The number of hydrogen-bond acceptors (Lipinski definition) is 6. The van der Waals surface area contributed by atoms with E-state index in [4.69, 9.17) is 9.47 Å². The number of fused-ring (bicyclic) bond motifs is 3. The molecule has 0 radical (unpaired) electrons. The van der Waals surface area contributed by atoms with Crippen molar-refractivity contribution in [1.82, 2.24) is 15.1 Å². The molecule has 166 valence electrons. The molecule has 0 saturated heterocycles. The van der Waals surface area contributed by atoms with Gasteiger partial charge in [0.1, 0.15) is 6.04 Å². The maximum atomic E-state index is 13.2. The van der Waals surface area contributed by atoms with Gasteiger partial charge in [-0.05, 0) is 44.0 Å². The summed E-state index contributed by atoms with van der Waals surface area (Å²) in [6.07, 6.45) is 0.619. The Morgan fingerprint density at radius 2 is 1.91 bits per heavy atom. The highest BCUT2D eigenvalue weighted by atomic mass is 32.1. The molecule has 8 heteroatoms. The predicted octanol–water partition coefficient (Wildman–Crippen LogP) is 3.86. The first-order valence-corrected chi connectivity index (χ1v) is 11.2. The molecule has 2 heterocycles. The molecule has 1 N–H and O–H groups in total. The van der Waals surface area contributed by atoms with Crippen LogP contribution in [0.15, 0.2) is 47.3 Å². The van der Waals surface area contributed by atoms with Crippen LogP contribution in [0.5, 0.6) is 11.5 Å². The molecule has 0 aliphatic rings. The molecular formula is C24H25N3O4S. The third-order valence-electron chi connectivity index (χ3n) is 5.51. The summed E-state index contributed by atoms with van der Waals surface area (Å²) in [7, 11) is 3.18. The minimum absolute atomic E-state index is 0.245. The van der Waals surface area contributed by atoms with E-state index in [0.717, 1.165) is 26.0 Å². The minimum atomic E-state index is -0.727. The monoisotopic (exact) mass is 451 g/mol. The molecular weight excluding hydrogens is 426 g/mol. The van der Waals surface area contributed by atoms with Crippen molar-refractivity contribution in [3.63, 3.8) is 0 Å². The number of thiophene rings is 1. The summed E-state index contributed by atoms with van der Waals surface area (Å²) in [4.78, 5) is 26.0. The van der Waals surface area contributed by atoms with Gasteiger partial charge in [-0.2, -0.15) is 5.10 Å². The molecule has 0 fully saturated rings. The lowest BCUT2D eigenvalue weighted by molar-refractivity contribution is -0.124. The fourth-order valence-electron chi connectivity index (χ4n) is 3.77. The van der Waals surface area contributed by atoms with Crippen molar-refractivity contribution in [2.75, 3.05) is 20.8 Å². The molecule has 7 nitrogen and oxygen atoms in total. The zero-order valence-corrected chi connectivity index (χ0v) is 19.3. The quantitative estimate of drug-likeness (QED) is 0.461. The molecule has 0 spiro atoms. The van der Waals surface area contributed by atoms with E-state index in [1.165, 1.54) is 4.68 Å². The Labute approximate surface area is 189 Å². The molecule has 4 aromatic rings. The second kappa shape index (κ2) is 9.00. The summed E-state index contributed by atoms with van der Waals surface area (Å²) in [6, 6.07) is 12.7. The van der Waals surface area contributed by atoms with E-state index < -0.39 is 6.04 Å². The zero-order valence-electron chi connectivity index (χ0n) is 18.5. The van der Waals surface area contributed by atoms with Gasteiger partial charge >= 0.3 is 0 Å². The largest absolute Gasteiger partial charge is 0.493 e. The summed E-state index contributed by atoms with van der Waals surface area (Å²) in [5.41, 5.74) is 1.50. The molecule has 1 atom stereocenters. The summed E-state index contributed by atoms with van der Waals surface area (Å²) < 4.78 is 13.8. The number of nitrogens with zero attached hydrogens (tertiary/aromatic N) is 2. The molecule has 0 bridgehead atoms. The second-order valence-corrected chi connectivity index (χ2v) is 8.60. The summed E-state index contributed by atoms with van der Waals surface area (Å²) in [5, 5.41) is 8.89. The van der Waals surface area contributed by atoms with Gasteiger partial charge in [0.2, 0.25) is 5.91 Å². The molecule has 32 heavy (non-hydrogen) atoms. The van der Waals surface area contributed by atoms with E-state index in [1.54, 1.807) is 32.5 Å². The van der Waals surface area contributed by atoms with Crippen LogP contribution in [0.25, 0.3) is 20.2 Å². The standard InChI is InChI=1S/C24H25N3O4S/c1-14-22-21(17-7-5-6-8-20(17)32-22)24(29)27(26-14)15(2)23(28)25-12-11-16-9-10-18(30-3)19(13-16)31-4/h5-10,13,15H,11-12H2,1-4H3,(H,25,28)/t15-/m0/s1. The van der Waals surface area contributed by atoms with Gasteiger partial charge in [-0.3, -0.25) is 9.59 Å². The Morgan fingerprint density at radius 1 is 1.16 bits per heavy atom. The van der Waals surface area contributed by atoms with E-state index in [-0.39, 0.29) is 11.5 Å². The van der Waals surface area contributed by atoms with Crippen LogP contribution in [0.3, 0.4) is 0 Å². The molecule has 4 rings (SSSR count). The number of amides is 1. The first kappa shape index (κ1) is 21.8. The number of methoxy groups -OCH3 is 2. The highest BCUT2D eigenvalue weighted by molar-refractivity contribution is 7.26. The van der Waals surface area contributed by atoms with Gasteiger partial charge in [0.25, 0.3) is 5.56 Å². The summed E-state index contributed by atoms with van der Waals surface area (Å²) in [5.74, 6) is 1.05. The highest BCUT2D eigenvalue weighted by Gasteiger charge is 2.21. The topological polar surface area (TPSA) is 82.5 Å². The number of carbonyl (C=O) groups excluding carboxylic acids is 1. The van der Waals surface area contributed by atoms with Gasteiger partial charge in [-0.1, -0.05) is 24.3 Å². The Balaban J connectivity index is 1.52. The average Bonchev–Trinajstić information content (AvgIpc) is 3.21. The Kier molecular flexibility index (Phi) is 6.14. The number of aromatic nitrogens is 2. The Hall–Kier alpha value is -3.39. The van der Waals surface area contributed by atoms with Gasteiger partial charge in [-0.25, -0.2) is 4.68 Å². The maximum Gasteiger partial charge on any atom is 0.276 e. The van der Waals surface area contributed by atoms with Crippen LogP contribution in [0.2, 0.25) is 0 Å². The van der Waals surface area contributed by atoms with Crippen LogP contribution in [0, 0.1) is 6.92 Å². The van der Waals surface area contributed by atoms with Crippen LogP contribution in [0.1, 0.15) is 24.2 Å². The van der Waals surface area contributed by atoms with Crippen molar-refractivity contribution < 1.29 is 14.3 Å². The zero-order chi connectivity index (χ0) is 22.8. The lowest BCUT2D eigenvalue weighted by atomic mass is 10.1. The SMILES string of the molecule is COc1ccc(CCNC(=O)[C@H](C)n2nc(C)c3sc4ccccc4c3c2=O)cc1OC. The number of hydrogen-bond donors (Lipinski definition) is 1. The van der Waals surface area contributed by atoms with Crippen molar-refractivity contribution in [1.29, 1.82) is 0 Å². The molecule has 0 unspecified atom stereocenters. The molecule has 0 saturated carbocycles. The predicted molar refractivity (Wildman–Crippen MR) is 127 cm³/mol. The molecule has 2 aromatic heterocycles. The van der Waals surface area contributed by atoms with Gasteiger partial charge < -0.3 is 14.8 Å². The van der Waals surface area contributed by atoms with Crippen molar-refractivity contribution in [3.8, 4) is 11.5 Å². The first-order chi connectivity index (χ1) is 15.4. The summed E-state index contributed by atoms with van der Waals surface area (Å²) in [6.45, 7) is 3.99. The number of ether oxygens (including phenoxy) is 2. The molecule has 1 amide bonds. The van der Waals surface area contributed by atoms with Crippen molar-refractivity contribution in [2.24, 2.45) is 0 Å². The lowest BCUT2D eigenvalue weighted by Crippen LogP contribution is -2.38. The second-order valence-electron chi connectivity index (χ2n) is 7.54. The first-order valence-electron chi connectivity index (χ1n) is 10.3. The van der Waals surface area contributed by atoms with E-state index in [2.05, 4.69) is 10.4 Å². The number of nitrogens with one attached hydrogen (secondary N) is 1. The van der Waals surface area contributed by atoms with Crippen molar-refractivity contribution >= 4 is 37.4 Å².